The first kappa shape index (κ1) is 15.3. The first-order chi connectivity index (χ1) is 10.2. The fourth-order valence-electron chi connectivity index (χ4n) is 2.49. The second-order valence-electron chi connectivity index (χ2n) is 5.48. The maximum absolute atomic E-state index is 9.44. The molecule has 0 spiro atoms. The highest BCUT2D eigenvalue weighted by Gasteiger charge is 2.16. The second kappa shape index (κ2) is 7.05. The molecule has 1 aromatic carbocycles. The number of rotatable bonds is 6. The zero-order chi connectivity index (χ0) is 15.2. The second-order valence-corrected chi connectivity index (χ2v) is 5.48. The Labute approximate surface area is 126 Å². The Bertz CT molecular complexity index is 646. The number of methoxy groups -OCH3 is 1. The number of benzene rings is 1. The maximum Gasteiger partial charge on any atom is 0.103 e. The molecule has 0 atom stereocenters. The number of hydrogen-bond acceptors (Lipinski definition) is 4. The molecule has 0 aliphatic heterocycles. The van der Waals surface area contributed by atoms with Crippen molar-refractivity contribution in [2.75, 3.05) is 31.7 Å². The number of nitrogens with zero attached hydrogens (tertiary/aromatic N) is 3. The van der Waals surface area contributed by atoms with Crippen LogP contribution in [0.2, 0.25) is 0 Å². The van der Waals surface area contributed by atoms with E-state index in [1.54, 1.807) is 13.3 Å². The van der Waals surface area contributed by atoms with Gasteiger partial charge < -0.3 is 9.64 Å². The van der Waals surface area contributed by atoms with Crippen LogP contribution in [0.15, 0.2) is 30.5 Å². The molecule has 2 rings (SSSR count). The van der Waals surface area contributed by atoms with Gasteiger partial charge in [-0.25, -0.2) is 0 Å². The number of pyridine rings is 1. The molecule has 4 nitrogen and oxygen atoms in total. The normalized spacial score (nSPS) is 10.8. The van der Waals surface area contributed by atoms with E-state index >= 15 is 0 Å². The molecule has 0 amide bonds. The minimum atomic E-state index is 0.500. The fourth-order valence-corrected chi connectivity index (χ4v) is 2.49. The number of ether oxygens (including phenoxy) is 1. The molecule has 0 saturated carbocycles. The molecule has 21 heavy (non-hydrogen) atoms. The molecule has 0 radical (unpaired) electrons. The summed E-state index contributed by atoms with van der Waals surface area (Å²) in [5.74, 6) is 0.500. The minimum absolute atomic E-state index is 0.500. The van der Waals surface area contributed by atoms with Crippen LogP contribution in [-0.2, 0) is 4.74 Å². The molecule has 4 heteroatoms. The lowest BCUT2D eigenvalue weighted by Crippen LogP contribution is -2.31. The van der Waals surface area contributed by atoms with Crippen molar-refractivity contribution in [3.63, 3.8) is 0 Å². The summed E-state index contributed by atoms with van der Waals surface area (Å²) in [6, 6.07) is 10.2. The van der Waals surface area contributed by atoms with Crippen LogP contribution in [-0.4, -0.2) is 31.8 Å². The average molecular weight is 283 g/mol. The van der Waals surface area contributed by atoms with Crippen molar-refractivity contribution in [3.8, 4) is 6.07 Å². The summed E-state index contributed by atoms with van der Waals surface area (Å²) in [7, 11) is 1.70. The number of aromatic nitrogens is 1. The van der Waals surface area contributed by atoms with E-state index in [1.165, 1.54) is 0 Å². The zero-order valence-electron chi connectivity index (χ0n) is 12.8. The third-order valence-electron chi connectivity index (χ3n) is 3.33. The van der Waals surface area contributed by atoms with E-state index < -0.39 is 0 Å². The van der Waals surface area contributed by atoms with E-state index in [9.17, 15) is 5.26 Å². The van der Waals surface area contributed by atoms with Crippen molar-refractivity contribution in [1.29, 1.82) is 5.26 Å². The Hall–Kier alpha value is -2.12. The lowest BCUT2D eigenvalue weighted by molar-refractivity contribution is 0.204. The van der Waals surface area contributed by atoms with E-state index in [0.29, 0.717) is 18.1 Å². The SMILES string of the molecule is COCCN(CC(C)C)c1c(C#N)cnc2ccccc12. The molecule has 110 valence electrons. The maximum atomic E-state index is 9.44. The van der Waals surface area contributed by atoms with Crippen LogP contribution >= 0.6 is 0 Å². The topological polar surface area (TPSA) is 49.1 Å². The highest BCUT2D eigenvalue weighted by Crippen LogP contribution is 2.29. The molecular formula is C17H21N3O. The Morgan fingerprint density at radius 2 is 2.10 bits per heavy atom. The van der Waals surface area contributed by atoms with Crippen molar-refractivity contribution in [2.45, 2.75) is 13.8 Å². The molecule has 0 N–H and O–H groups in total. The fraction of sp³-hybridized carbons (Fsp3) is 0.412. The van der Waals surface area contributed by atoms with Gasteiger partial charge in [-0.3, -0.25) is 4.98 Å². The van der Waals surface area contributed by atoms with Gasteiger partial charge in [-0.15, -0.1) is 0 Å². The summed E-state index contributed by atoms with van der Waals surface area (Å²) in [5.41, 5.74) is 2.50. The number of hydrogen-bond donors (Lipinski definition) is 0. The summed E-state index contributed by atoms with van der Waals surface area (Å²) in [4.78, 5) is 6.61. The summed E-state index contributed by atoms with van der Waals surface area (Å²) in [6.07, 6.45) is 1.66. The van der Waals surface area contributed by atoms with Crippen LogP contribution in [0.25, 0.3) is 10.9 Å². The van der Waals surface area contributed by atoms with Crippen LogP contribution < -0.4 is 4.90 Å². The lowest BCUT2D eigenvalue weighted by Gasteiger charge is -2.28. The van der Waals surface area contributed by atoms with Gasteiger partial charge in [0, 0.05) is 31.8 Å². The van der Waals surface area contributed by atoms with Gasteiger partial charge in [0.2, 0.25) is 0 Å². The number of nitriles is 1. The van der Waals surface area contributed by atoms with Gasteiger partial charge in [-0.2, -0.15) is 5.26 Å². The van der Waals surface area contributed by atoms with Gasteiger partial charge in [-0.05, 0) is 12.0 Å². The predicted molar refractivity (Wildman–Crippen MR) is 85.4 cm³/mol. The summed E-state index contributed by atoms with van der Waals surface area (Å²) in [5, 5.41) is 10.5. The Kier molecular flexibility index (Phi) is 5.13. The van der Waals surface area contributed by atoms with Crippen LogP contribution in [0.4, 0.5) is 5.69 Å². The van der Waals surface area contributed by atoms with Crippen LogP contribution in [0.5, 0.6) is 0 Å². The number of para-hydroxylation sites is 1. The molecule has 0 unspecified atom stereocenters. The minimum Gasteiger partial charge on any atom is -0.383 e. The van der Waals surface area contributed by atoms with Gasteiger partial charge in [0.1, 0.15) is 6.07 Å². The largest absolute Gasteiger partial charge is 0.383 e. The van der Waals surface area contributed by atoms with Gasteiger partial charge in [0.05, 0.1) is 23.4 Å². The van der Waals surface area contributed by atoms with Crippen molar-refractivity contribution in [3.05, 3.63) is 36.0 Å². The van der Waals surface area contributed by atoms with E-state index in [4.69, 9.17) is 4.74 Å². The smallest absolute Gasteiger partial charge is 0.103 e. The van der Waals surface area contributed by atoms with Crippen molar-refractivity contribution in [2.24, 2.45) is 5.92 Å². The third-order valence-corrected chi connectivity index (χ3v) is 3.33. The predicted octanol–water partition coefficient (Wildman–Crippen LogP) is 3.22. The highest BCUT2D eigenvalue weighted by molar-refractivity contribution is 5.94. The molecule has 0 saturated heterocycles. The summed E-state index contributed by atoms with van der Waals surface area (Å²) in [6.45, 7) is 6.63. The van der Waals surface area contributed by atoms with E-state index in [1.807, 2.05) is 24.3 Å². The number of fused-ring (bicyclic) bond motifs is 1. The highest BCUT2D eigenvalue weighted by atomic mass is 16.5. The third kappa shape index (κ3) is 3.50. The summed E-state index contributed by atoms with van der Waals surface area (Å²) >= 11 is 0. The van der Waals surface area contributed by atoms with E-state index in [2.05, 4.69) is 29.8 Å². The van der Waals surface area contributed by atoms with Gasteiger partial charge in [0.15, 0.2) is 0 Å². The van der Waals surface area contributed by atoms with Crippen LogP contribution in [0.1, 0.15) is 19.4 Å². The van der Waals surface area contributed by atoms with Gasteiger partial charge in [0.25, 0.3) is 0 Å². The van der Waals surface area contributed by atoms with Crippen molar-refractivity contribution in [1.82, 2.24) is 4.98 Å². The molecule has 2 aromatic rings. The molecule has 0 fully saturated rings. The Morgan fingerprint density at radius 3 is 2.76 bits per heavy atom. The molecule has 1 heterocycles. The molecule has 0 aliphatic rings. The van der Waals surface area contributed by atoms with E-state index in [-0.39, 0.29) is 0 Å². The molecule has 1 aromatic heterocycles. The summed E-state index contributed by atoms with van der Waals surface area (Å²) < 4.78 is 5.22. The van der Waals surface area contributed by atoms with Gasteiger partial charge >= 0.3 is 0 Å². The first-order valence-corrected chi connectivity index (χ1v) is 7.19. The van der Waals surface area contributed by atoms with Crippen LogP contribution in [0.3, 0.4) is 0 Å². The van der Waals surface area contributed by atoms with Crippen molar-refractivity contribution < 1.29 is 4.74 Å². The van der Waals surface area contributed by atoms with Crippen LogP contribution in [0, 0.1) is 17.2 Å². The Morgan fingerprint density at radius 1 is 1.33 bits per heavy atom. The standard InChI is InChI=1S/C17H21N3O/c1-13(2)12-20(8-9-21-3)17-14(10-18)11-19-16-7-5-4-6-15(16)17/h4-7,11,13H,8-9,12H2,1-3H3. The molecular weight excluding hydrogens is 262 g/mol. The monoisotopic (exact) mass is 283 g/mol. The van der Waals surface area contributed by atoms with E-state index in [0.717, 1.165) is 29.7 Å². The quantitative estimate of drug-likeness (QED) is 0.816. The van der Waals surface area contributed by atoms with Crippen molar-refractivity contribution >= 4 is 16.6 Å². The number of anilines is 1. The molecule has 0 aliphatic carbocycles. The van der Waals surface area contributed by atoms with Gasteiger partial charge in [-0.1, -0.05) is 32.0 Å². The zero-order valence-corrected chi connectivity index (χ0v) is 12.8. The Balaban J connectivity index is 2.55. The molecule has 0 bridgehead atoms. The average Bonchev–Trinajstić information content (AvgIpc) is 2.50. The first-order valence-electron chi connectivity index (χ1n) is 7.19. The lowest BCUT2D eigenvalue weighted by atomic mass is 10.1.